The van der Waals surface area contributed by atoms with E-state index in [0.717, 1.165) is 0 Å². The van der Waals surface area contributed by atoms with Crippen molar-refractivity contribution in [3.8, 4) is 0 Å². The Balaban J connectivity index is 2.31. The first-order valence-corrected chi connectivity index (χ1v) is 5.98. The van der Waals surface area contributed by atoms with Gasteiger partial charge in [-0.05, 0) is 27.7 Å². The van der Waals surface area contributed by atoms with Gasteiger partial charge >= 0.3 is 0 Å². The first-order valence-electron chi connectivity index (χ1n) is 5.98. The molecule has 0 atom stereocenters. The second-order valence-corrected chi connectivity index (χ2v) is 5.34. The van der Waals surface area contributed by atoms with Gasteiger partial charge in [0.2, 0.25) is 5.91 Å². The largest absolute Gasteiger partial charge is 0.341 e. The van der Waals surface area contributed by atoms with Gasteiger partial charge < -0.3 is 5.32 Å². The summed E-state index contributed by atoms with van der Waals surface area (Å²) in [4.78, 5) is 25.3. The van der Waals surface area contributed by atoms with E-state index in [9.17, 15) is 9.59 Å². The third-order valence-electron chi connectivity index (χ3n) is 2.96. The van der Waals surface area contributed by atoms with Gasteiger partial charge in [0.05, 0.1) is 11.9 Å². The summed E-state index contributed by atoms with van der Waals surface area (Å²) in [6, 6.07) is 0.223. The van der Waals surface area contributed by atoms with E-state index in [-0.39, 0.29) is 24.4 Å². The molecular formula is C12H18N4O2. The van der Waals surface area contributed by atoms with E-state index in [0.29, 0.717) is 5.69 Å². The maximum Gasteiger partial charge on any atom is 0.252 e. The zero-order valence-corrected chi connectivity index (χ0v) is 11.1. The van der Waals surface area contributed by atoms with Gasteiger partial charge in [-0.2, -0.15) is 5.10 Å². The molecule has 0 aliphatic carbocycles. The molecule has 1 N–H and O–H groups in total. The molecule has 18 heavy (non-hydrogen) atoms. The SMILES string of the molecule is CC(C)n1cc(N2CC(=O)NC(C)(C)C2=O)cn1. The summed E-state index contributed by atoms with van der Waals surface area (Å²) in [5.41, 5.74) is -0.202. The Hall–Kier alpha value is -1.85. The Morgan fingerprint density at radius 3 is 2.61 bits per heavy atom. The predicted octanol–water partition coefficient (Wildman–Crippen LogP) is 0.705. The number of amides is 2. The van der Waals surface area contributed by atoms with Crippen LogP contribution in [0.15, 0.2) is 12.4 Å². The maximum absolute atomic E-state index is 12.2. The van der Waals surface area contributed by atoms with Crippen molar-refractivity contribution in [2.75, 3.05) is 11.4 Å². The van der Waals surface area contributed by atoms with Crippen molar-refractivity contribution in [1.82, 2.24) is 15.1 Å². The number of rotatable bonds is 2. The first-order chi connectivity index (χ1) is 8.31. The molecule has 1 saturated heterocycles. The number of nitrogens with zero attached hydrogens (tertiary/aromatic N) is 3. The zero-order valence-electron chi connectivity index (χ0n) is 11.1. The molecular weight excluding hydrogens is 232 g/mol. The third kappa shape index (κ3) is 2.10. The fourth-order valence-electron chi connectivity index (χ4n) is 1.95. The number of piperazine rings is 1. The molecule has 0 aromatic carbocycles. The second kappa shape index (κ2) is 4.12. The van der Waals surface area contributed by atoms with Crippen LogP contribution in [-0.2, 0) is 9.59 Å². The molecule has 6 nitrogen and oxygen atoms in total. The molecule has 6 heteroatoms. The Bertz CT molecular complexity index is 490. The van der Waals surface area contributed by atoms with Crippen molar-refractivity contribution in [3.63, 3.8) is 0 Å². The molecule has 0 saturated carbocycles. The molecule has 2 amide bonds. The number of aromatic nitrogens is 2. The molecule has 0 radical (unpaired) electrons. The highest BCUT2D eigenvalue weighted by atomic mass is 16.2. The number of carbonyl (C=O) groups excluding carboxylic acids is 2. The van der Waals surface area contributed by atoms with Crippen LogP contribution in [0.5, 0.6) is 0 Å². The van der Waals surface area contributed by atoms with Crippen LogP contribution in [0, 0.1) is 0 Å². The molecule has 0 bridgehead atoms. The third-order valence-corrected chi connectivity index (χ3v) is 2.96. The zero-order chi connectivity index (χ0) is 13.5. The highest BCUT2D eigenvalue weighted by Gasteiger charge is 2.40. The van der Waals surface area contributed by atoms with Gasteiger partial charge in [0.15, 0.2) is 0 Å². The lowest BCUT2D eigenvalue weighted by Crippen LogP contribution is -2.64. The van der Waals surface area contributed by atoms with E-state index in [1.54, 1.807) is 30.9 Å². The summed E-state index contributed by atoms with van der Waals surface area (Å²) in [5.74, 6) is -0.276. The number of nitrogens with one attached hydrogen (secondary N) is 1. The summed E-state index contributed by atoms with van der Waals surface area (Å²) in [5, 5.41) is 6.87. The van der Waals surface area contributed by atoms with Crippen molar-refractivity contribution < 1.29 is 9.59 Å². The van der Waals surface area contributed by atoms with E-state index in [1.807, 2.05) is 13.8 Å². The van der Waals surface area contributed by atoms with Crippen LogP contribution in [0.25, 0.3) is 0 Å². The lowest BCUT2D eigenvalue weighted by atomic mass is 10.0. The van der Waals surface area contributed by atoms with Crippen LogP contribution >= 0.6 is 0 Å². The molecule has 1 fully saturated rings. The summed E-state index contributed by atoms with van der Waals surface area (Å²) in [6.07, 6.45) is 3.41. The van der Waals surface area contributed by atoms with Gasteiger partial charge in [-0.25, -0.2) is 0 Å². The van der Waals surface area contributed by atoms with Crippen molar-refractivity contribution in [2.45, 2.75) is 39.3 Å². The van der Waals surface area contributed by atoms with Gasteiger partial charge in [-0.1, -0.05) is 0 Å². The Morgan fingerprint density at radius 2 is 2.06 bits per heavy atom. The lowest BCUT2D eigenvalue weighted by Gasteiger charge is -2.36. The highest BCUT2D eigenvalue weighted by Crippen LogP contribution is 2.22. The summed E-state index contributed by atoms with van der Waals surface area (Å²) in [7, 11) is 0. The quantitative estimate of drug-likeness (QED) is 0.840. The number of hydrogen-bond acceptors (Lipinski definition) is 3. The number of anilines is 1. The summed E-state index contributed by atoms with van der Waals surface area (Å²) >= 11 is 0. The fourth-order valence-corrected chi connectivity index (χ4v) is 1.95. The van der Waals surface area contributed by atoms with E-state index in [2.05, 4.69) is 10.4 Å². The summed E-state index contributed by atoms with van der Waals surface area (Å²) in [6.45, 7) is 7.46. The Morgan fingerprint density at radius 1 is 1.39 bits per heavy atom. The van der Waals surface area contributed by atoms with Gasteiger partial charge in [0, 0.05) is 12.2 Å². The van der Waals surface area contributed by atoms with E-state index in [4.69, 9.17) is 0 Å². The first kappa shape index (κ1) is 12.6. The minimum atomic E-state index is -0.866. The number of carbonyl (C=O) groups is 2. The molecule has 1 aromatic rings. The summed E-state index contributed by atoms with van der Waals surface area (Å²) < 4.78 is 1.77. The topological polar surface area (TPSA) is 67.2 Å². The molecule has 1 aliphatic heterocycles. The van der Waals surface area contributed by atoms with Gasteiger partial charge in [0.25, 0.3) is 5.91 Å². The van der Waals surface area contributed by atoms with Crippen LogP contribution < -0.4 is 10.2 Å². The van der Waals surface area contributed by atoms with Crippen molar-refractivity contribution in [1.29, 1.82) is 0 Å². The number of hydrogen-bond donors (Lipinski definition) is 1. The van der Waals surface area contributed by atoms with E-state index < -0.39 is 5.54 Å². The molecule has 0 unspecified atom stereocenters. The molecule has 1 aromatic heterocycles. The minimum Gasteiger partial charge on any atom is -0.341 e. The van der Waals surface area contributed by atoms with Gasteiger partial charge in [-0.15, -0.1) is 0 Å². The van der Waals surface area contributed by atoms with E-state index >= 15 is 0 Å². The van der Waals surface area contributed by atoms with Crippen molar-refractivity contribution in [2.24, 2.45) is 0 Å². The monoisotopic (exact) mass is 250 g/mol. The van der Waals surface area contributed by atoms with Crippen molar-refractivity contribution in [3.05, 3.63) is 12.4 Å². The average Bonchev–Trinajstić information content (AvgIpc) is 2.71. The molecule has 2 heterocycles. The smallest absolute Gasteiger partial charge is 0.252 e. The van der Waals surface area contributed by atoms with Crippen LogP contribution in [0.2, 0.25) is 0 Å². The lowest BCUT2D eigenvalue weighted by molar-refractivity contribution is -0.134. The van der Waals surface area contributed by atoms with E-state index in [1.165, 1.54) is 4.90 Å². The molecule has 1 aliphatic rings. The average molecular weight is 250 g/mol. The molecule has 0 spiro atoms. The second-order valence-electron chi connectivity index (χ2n) is 5.34. The minimum absolute atomic E-state index is 0.0477. The van der Waals surface area contributed by atoms with Crippen LogP contribution in [-0.4, -0.2) is 33.7 Å². The molecule has 98 valence electrons. The predicted molar refractivity (Wildman–Crippen MR) is 67.2 cm³/mol. The van der Waals surface area contributed by atoms with Crippen LogP contribution in [0.1, 0.15) is 33.7 Å². The van der Waals surface area contributed by atoms with Crippen LogP contribution in [0.3, 0.4) is 0 Å². The highest BCUT2D eigenvalue weighted by molar-refractivity contribution is 6.08. The van der Waals surface area contributed by atoms with Gasteiger partial charge in [0.1, 0.15) is 12.1 Å². The van der Waals surface area contributed by atoms with Crippen molar-refractivity contribution >= 4 is 17.5 Å². The van der Waals surface area contributed by atoms with Crippen LogP contribution in [0.4, 0.5) is 5.69 Å². The fraction of sp³-hybridized carbons (Fsp3) is 0.583. The standard InChI is InChI=1S/C12H18N4O2/c1-8(2)16-6-9(5-13-16)15-7-10(17)14-12(3,4)11(15)18/h5-6,8H,7H2,1-4H3,(H,14,17). The van der Waals surface area contributed by atoms with Gasteiger partial charge in [-0.3, -0.25) is 19.2 Å². The Labute approximate surface area is 106 Å². The Kier molecular flexibility index (Phi) is 2.88. The normalized spacial score (nSPS) is 19.3. The maximum atomic E-state index is 12.2. The molecule has 2 rings (SSSR count).